The maximum atomic E-state index is 2.54. The van der Waals surface area contributed by atoms with Gasteiger partial charge in [-0.25, -0.2) is 0 Å². The minimum Gasteiger partial charge on any atom is -0.306 e. The number of hydrogen-bond donors (Lipinski definition) is 0. The molecule has 0 aromatic heterocycles. The lowest BCUT2D eigenvalue weighted by atomic mass is 9.99. The molecule has 0 fully saturated rings. The Balaban J connectivity index is 2.06. The number of rotatable bonds is 7. The van der Waals surface area contributed by atoms with Crippen molar-refractivity contribution in [1.82, 2.24) is 4.90 Å². The second kappa shape index (κ2) is 9.38. The van der Waals surface area contributed by atoms with Crippen molar-refractivity contribution < 1.29 is 0 Å². The fourth-order valence-corrected chi connectivity index (χ4v) is 2.68. The first-order chi connectivity index (χ1) is 8.68. The molecule has 104 valence electrons. The van der Waals surface area contributed by atoms with Crippen molar-refractivity contribution in [1.29, 1.82) is 0 Å². The number of nitrogens with zero attached hydrogens (tertiary/aromatic N) is 1. The first kappa shape index (κ1) is 15.5. The average Bonchev–Trinajstić information content (AvgIpc) is 2.56. The summed E-state index contributed by atoms with van der Waals surface area (Å²) in [6.07, 6.45) is 16.4. The van der Waals surface area contributed by atoms with Crippen LogP contribution in [0.4, 0.5) is 0 Å². The van der Waals surface area contributed by atoms with Gasteiger partial charge in [-0.3, -0.25) is 0 Å². The third-order valence-corrected chi connectivity index (χ3v) is 3.77. The topological polar surface area (TPSA) is 3.24 Å². The molecule has 0 spiro atoms. The lowest BCUT2D eigenvalue weighted by Gasteiger charge is -2.22. The molecule has 0 aromatic rings. The second-order valence-electron chi connectivity index (χ2n) is 6.03. The predicted octanol–water partition coefficient (Wildman–Crippen LogP) is 4.80. The summed E-state index contributed by atoms with van der Waals surface area (Å²) in [5, 5.41) is 0. The van der Waals surface area contributed by atoms with Crippen LogP contribution in [0, 0.1) is 5.92 Å². The second-order valence-corrected chi connectivity index (χ2v) is 6.03. The largest absolute Gasteiger partial charge is 0.306 e. The van der Waals surface area contributed by atoms with Crippen LogP contribution in [0.1, 0.15) is 58.8 Å². The van der Waals surface area contributed by atoms with Gasteiger partial charge < -0.3 is 4.90 Å². The van der Waals surface area contributed by atoms with Gasteiger partial charge in [0.25, 0.3) is 0 Å². The normalized spacial score (nSPS) is 16.9. The van der Waals surface area contributed by atoms with Crippen LogP contribution in [0.5, 0.6) is 0 Å². The fourth-order valence-electron chi connectivity index (χ4n) is 2.68. The number of allylic oxidation sites excluding steroid dienone is 4. The maximum Gasteiger partial charge on any atom is 0.000683 e. The van der Waals surface area contributed by atoms with Crippen molar-refractivity contribution in [2.45, 2.75) is 58.8 Å². The molecule has 0 N–H and O–H groups in total. The summed E-state index contributed by atoms with van der Waals surface area (Å²) in [4.78, 5) is 2.54. The first-order valence-corrected chi connectivity index (χ1v) is 7.65. The molecule has 0 bridgehead atoms. The van der Waals surface area contributed by atoms with Crippen molar-refractivity contribution in [3.63, 3.8) is 0 Å². The Morgan fingerprint density at radius 2 is 1.83 bits per heavy atom. The van der Waals surface area contributed by atoms with E-state index >= 15 is 0 Å². The van der Waals surface area contributed by atoms with Crippen molar-refractivity contribution in [3.05, 3.63) is 23.8 Å². The predicted molar refractivity (Wildman–Crippen MR) is 81.9 cm³/mol. The standard InChI is InChI=1S/C17H31N/c1-16(2)11-7-6-10-14-18(3)15-17-12-8-4-5-9-13-17/h4-5,11,17H,6-10,12-15H2,1-3H3. The Kier molecular flexibility index (Phi) is 8.08. The molecule has 0 aromatic carbocycles. The van der Waals surface area contributed by atoms with E-state index in [2.05, 4.69) is 44.0 Å². The molecule has 0 radical (unpaired) electrons. The van der Waals surface area contributed by atoms with E-state index in [-0.39, 0.29) is 0 Å². The van der Waals surface area contributed by atoms with E-state index in [0.29, 0.717) is 0 Å². The zero-order valence-electron chi connectivity index (χ0n) is 12.6. The summed E-state index contributed by atoms with van der Waals surface area (Å²) in [7, 11) is 2.29. The molecule has 1 heteroatoms. The van der Waals surface area contributed by atoms with Crippen LogP contribution in [0.3, 0.4) is 0 Å². The molecule has 0 heterocycles. The van der Waals surface area contributed by atoms with Gasteiger partial charge in [0.15, 0.2) is 0 Å². The third-order valence-electron chi connectivity index (χ3n) is 3.77. The Morgan fingerprint density at radius 3 is 2.44 bits per heavy atom. The summed E-state index contributed by atoms with van der Waals surface area (Å²) >= 11 is 0. The van der Waals surface area contributed by atoms with Crippen LogP contribution in [-0.4, -0.2) is 25.0 Å². The van der Waals surface area contributed by atoms with Crippen LogP contribution in [0.15, 0.2) is 23.8 Å². The Hall–Kier alpha value is -0.560. The molecule has 1 aliphatic rings. The van der Waals surface area contributed by atoms with Gasteiger partial charge in [-0.2, -0.15) is 0 Å². The number of unbranched alkanes of at least 4 members (excludes halogenated alkanes) is 2. The van der Waals surface area contributed by atoms with Crippen LogP contribution in [-0.2, 0) is 0 Å². The SMILES string of the molecule is CC(C)=CCCCCN(C)CC1CCC=CCC1. The average molecular weight is 249 g/mol. The van der Waals surface area contributed by atoms with Crippen LogP contribution in [0.25, 0.3) is 0 Å². The minimum atomic E-state index is 0.919. The van der Waals surface area contributed by atoms with Crippen molar-refractivity contribution >= 4 is 0 Å². The summed E-state index contributed by atoms with van der Waals surface area (Å²) < 4.78 is 0. The summed E-state index contributed by atoms with van der Waals surface area (Å²) in [6.45, 7) is 6.93. The van der Waals surface area contributed by atoms with Gasteiger partial charge in [0.05, 0.1) is 0 Å². The smallest absolute Gasteiger partial charge is 0.000683 e. The third kappa shape index (κ3) is 7.71. The van der Waals surface area contributed by atoms with Gasteiger partial charge in [-0.15, -0.1) is 0 Å². The Bertz CT molecular complexity index is 251. The summed E-state index contributed by atoms with van der Waals surface area (Å²) in [6, 6.07) is 0. The van der Waals surface area contributed by atoms with Gasteiger partial charge in [-0.1, -0.05) is 23.8 Å². The minimum absolute atomic E-state index is 0.919. The molecule has 0 saturated heterocycles. The van der Waals surface area contributed by atoms with Gasteiger partial charge in [0, 0.05) is 6.54 Å². The van der Waals surface area contributed by atoms with Crippen molar-refractivity contribution in [2.75, 3.05) is 20.1 Å². The van der Waals surface area contributed by atoms with Gasteiger partial charge in [-0.05, 0) is 78.3 Å². The lowest BCUT2D eigenvalue weighted by Crippen LogP contribution is -2.26. The molecule has 0 saturated carbocycles. The Morgan fingerprint density at radius 1 is 1.17 bits per heavy atom. The molecular formula is C17H31N. The summed E-state index contributed by atoms with van der Waals surface area (Å²) in [5.41, 5.74) is 1.45. The van der Waals surface area contributed by atoms with Crippen LogP contribution < -0.4 is 0 Å². The molecule has 18 heavy (non-hydrogen) atoms. The van der Waals surface area contributed by atoms with Gasteiger partial charge in [0.2, 0.25) is 0 Å². The highest BCUT2D eigenvalue weighted by atomic mass is 15.1. The van der Waals surface area contributed by atoms with Crippen molar-refractivity contribution in [2.24, 2.45) is 5.92 Å². The van der Waals surface area contributed by atoms with E-state index < -0.39 is 0 Å². The quantitative estimate of drug-likeness (QED) is 0.463. The molecule has 1 aliphatic carbocycles. The molecule has 0 unspecified atom stereocenters. The highest BCUT2D eigenvalue weighted by Gasteiger charge is 2.11. The van der Waals surface area contributed by atoms with Gasteiger partial charge >= 0.3 is 0 Å². The summed E-state index contributed by atoms with van der Waals surface area (Å²) in [5.74, 6) is 0.919. The molecule has 1 rings (SSSR count). The molecule has 1 nitrogen and oxygen atoms in total. The zero-order chi connectivity index (χ0) is 13.2. The van der Waals surface area contributed by atoms with E-state index in [4.69, 9.17) is 0 Å². The van der Waals surface area contributed by atoms with E-state index in [1.165, 1.54) is 63.6 Å². The van der Waals surface area contributed by atoms with E-state index in [0.717, 1.165) is 5.92 Å². The lowest BCUT2D eigenvalue weighted by molar-refractivity contribution is 0.257. The van der Waals surface area contributed by atoms with E-state index in [1.54, 1.807) is 0 Å². The van der Waals surface area contributed by atoms with Crippen molar-refractivity contribution in [3.8, 4) is 0 Å². The monoisotopic (exact) mass is 249 g/mol. The molecule has 0 atom stereocenters. The maximum absolute atomic E-state index is 2.54. The van der Waals surface area contributed by atoms with E-state index in [9.17, 15) is 0 Å². The Labute approximate surface area is 114 Å². The highest BCUT2D eigenvalue weighted by Crippen LogP contribution is 2.19. The first-order valence-electron chi connectivity index (χ1n) is 7.65. The molecular weight excluding hydrogens is 218 g/mol. The fraction of sp³-hybridized carbons (Fsp3) is 0.765. The van der Waals surface area contributed by atoms with E-state index in [1.807, 2.05) is 0 Å². The van der Waals surface area contributed by atoms with Crippen LogP contribution >= 0.6 is 0 Å². The molecule has 0 amide bonds. The number of hydrogen-bond acceptors (Lipinski definition) is 1. The molecule has 0 aliphatic heterocycles. The highest BCUT2D eigenvalue weighted by molar-refractivity contribution is 4.92. The van der Waals surface area contributed by atoms with Gasteiger partial charge in [0.1, 0.15) is 0 Å². The van der Waals surface area contributed by atoms with Crippen LogP contribution in [0.2, 0.25) is 0 Å². The zero-order valence-corrected chi connectivity index (χ0v) is 12.6.